The number of anilines is 1. The zero-order valence-electron chi connectivity index (χ0n) is 19.3. The second-order valence-corrected chi connectivity index (χ2v) is 9.10. The van der Waals surface area contributed by atoms with Gasteiger partial charge in [0.2, 0.25) is 17.7 Å². The van der Waals surface area contributed by atoms with Crippen molar-refractivity contribution < 1.29 is 14.4 Å². The summed E-state index contributed by atoms with van der Waals surface area (Å²) in [6, 6.07) is 19.0. The van der Waals surface area contributed by atoms with Crippen LogP contribution in [0.4, 0.5) is 5.69 Å². The van der Waals surface area contributed by atoms with Gasteiger partial charge in [0.25, 0.3) is 0 Å². The Morgan fingerprint density at radius 2 is 1.53 bits per heavy atom. The van der Waals surface area contributed by atoms with Gasteiger partial charge in [-0.05, 0) is 17.7 Å². The van der Waals surface area contributed by atoms with E-state index < -0.39 is 12.1 Å². The van der Waals surface area contributed by atoms with E-state index in [0.29, 0.717) is 45.7 Å². The molecule has 8 nitrogen and oxygen atoms in total. The van der Waals surface area contributed by atoms with E-state index in [2.05, 4.69) is 27.2 Å². The molecule has 0 radical (unpaired) electrons. The lowest BCUT2D eigenvalue weighted by Crippen LogP contribution is -2.61. The smallest absolute Gasteiger partial charge is 0.244 e. The molecule has 3 aliphatic heterocycles. The number of piperazine rings is 2. The van der Waals surface area contributed by atoms with Gasteiger partial charge in [0.1, 0.15) is 12.1 Å². The van der Waals surface area contributed by atoms with E-state index in [1.165, 1.54) is 5.69 Å². The van der Waals surface area contributed by atoms with Crippen LogP contribution in [0.25, 0.3) is 0 Å². The highest BCUT2D eigenvalue weighted by Crippen LogP contribution is 2.28. The van der Waals surface area contributed by atoms with Crippen molar-refractivity contribution in [2.75, 3.05) is 57.3 Å². The van der Waals surface area contributed by atoms with Gasteiger partial charge >= 0.3 is 0 Å². The van der Waals surface area contributed by atoms with Crippen LogP contribution in [-0.4, -0.2) is 90.8 Å². The number of hydrogen-bond acceptors (Lipinski definition) is 5. The Bertz CT molecular complexity index is 1020. The van der Waals surface area contributed by atoms with E-state index in [1.54, 1.807) is 4.90 Å². The lowest BCUT2D eigenvalue weighted by molar-refractivity contribution is -0.146. The van der Waals surface area contributed by atoms with Gasteiger partial charge in [0, 0.05) is 64.5 Å². The van der Waals surface area contributed by atoms with Gasteiger partial charge in [-0.3, -0.25) is 19.3 Å². The van der Waals surface area contributed by atoms with Crippen molar-refractivity contribution in [3.05, 3.63) is 66.2 Å². The van der Waals surface area contributed by atoms with E-state index in [9.17, 15) is 14.4 Å². The summed E-state index contributed by atoms with van der Waals surface area (Å²) in [6.07, 6.45) is 0.328. The van der Waals surface area contributed by atoms with E-state index >= 15 is 0 Å². The maximum Gasteiger partial charge on any atom is 0.244 e. The third-order valence-corrected chi connectivity index (χ3v) is 7.10. The molecular weight excluding hydrogens is 430 g/mol. The van der Waals surface area contributed by atoms with Crippen LogP contribution in [0.1, 0.15) is 18.0 Å². The fraction of sp³-hybridized carbons (Fsp3) is 0.423. The van der Waals surface area contributed by atoms with Crippen LogP contribution in [-0.2, 0) is 14.4 Å². The zero-order valence-corrected chi connectivity index (χ0v) is 19.3. The Balaban J connectivity index is 1.34. The first-order chi connectivity index (χ1) is 16.6. The van der Waals surface area contributed by atoms with E-state index in [0.717, 1.165) is 18.7 Å². The molecule has 3 fully saturated rings. The number of rotatable bonds is 4. The van der Waals surface area contributed by atoms with Gasteiger partial charge in [-0.25, -0.2) is 0 Å². The Hall–Kier alpha value is -3.39. The fourth-order valence-electron chi connectivity index (χ4n) is 5.26. The lowest BCUT2D eigenvalue weighted by Gasteiger charge is -2.44. The van der Waals surface area contributed by atoms with Gasteiger partial charge < -0.3 is 20.0 Å². The number of benzene rings is 2. The van der Waals surface area contributed by atoms with Crippen molar-refractivity contribution >= 4 is 23.4 Å². The summed E-state index contributed by atoms with van der Waals surface area (Å²) in [7, 11) is 0. The van der Waals surface area contributed by atoms with Crippen molar-refractivity contribution in [1.82, 2.24) is 20.0 Å². The lowest BCUT2D eigenvalue weighted by atomic mass is 10.00. The Kier molecular flexibility index (Phi) is 6.49. The molecule has 34 heavy (non-hydrogen) atoms. The van der Waals surface area contributed by atoms with Crippen LogP contribution in [0, 0.1) is 0 Å². The minimum atomic E-state index is -0.558. The summed E-state index contributed by atoms with van der Waals surface area (Å²) < 4.78 is 0. The molecule has 3 saturated heterocycles. The molecule has 3 amide bonds. The number of amides is 3. The number of carbonyl (C=O) groups excluding carboxylic acids is 3. The number of carbonyl (C=O) groups is 3. The van der Waals surface area contributed by atoms with Crippen molar-refractivity contribution in [2.24, 2.45) is 0 Å². The van der Waals surface area contributed by atoms with Gasteiger partial charge in [-0.15, -0.1) is 0 Å². The molecule has 2 atom stereocenters. The second kappa shape index (κ2) is 9.85. The largest absolute Gasteiger partial charge is 0.368 e. The molecule has 0 aliphatic carbocycles. The van der Waals surface area contributed by atoms with Gasteiger partial charge in [0.05, 0.1) is 0 Å². The van der Waals surface area contributed by atoms with E-state index in [1.807, 2.05) is 53.4 Å². The van der Waals surface area contributed by atoms with Crippen LogP contribution in [0.3, 0.4) is 0 Å². The molecule has 1 N–H and O–H groups in total. The highest BCUT2D eigenvalue weighted by Gasteiger charge is 2.42. The molecule has 5 rings (SSSR count). The van der Waals surface area contributed by atoms with Crippen LogP contribution < -0.4 is 10.2 Å². The van der Waals surface area contributed by atoms with Gasteiger partial charge in [0.15, 0.2) is 0 Å². The first-order valence-electron chi connectivity index (χ1n) is 12.1. The number of nitrogens with one attached hydrogen (secondary N) is 1. The second-order valence-electron chi connectivity index (χ2n) is 9.10. The zero-order chi connectivity index (χ0) is 23.5. The average molecular weight is 462 g/mol. The highest BCUT2D eigenvalue weighted by atomic mass is 16.2. The summed E-state index contributed by atoms with van der Waals surface area (Å²) in [4.78, 5) is 47.1. The van der Waals surface area contributed by atoms with Crippen LogP contribution >= 0.6 is 0 Å². The van der Waals surface area contributed by atoms with E-state index in [4.69, 9.17) is 0 Å². The van der Waals surface area contributed by atoms with Crippen LogP contribution in [0.5, 0.6) is 0 Å². The average Bonchev–Trinajstić information content (AvgIpc) is 3.03. The molecule has 0 saturated carbocycles. The number of fused-ring (bicyclic) bond motifs is 1. The molecule has 2 aromatic carbocycles. The monoisotopic (exact) mass is 461 g/mol. The van der Waals surface area contributed by atoms with Crippen molar-refractivity contribution in [3.8, 4) is 0 Å². The molecule has 0 bridgehead atoms. The van der Waals surface area contributed by atoms with Crippen molar-refractivity contribution in [1.29, 1.82) is 0 Å². The molecule has 178 valence electrons. The summed E-state index contributed by atoms with van der Waals surface area (Å²) in [6.45, 7) is 4.61. The summed E-state index contributed by atoms with van der Waals surface area (Å²) >= 11 is 0. The number of hydrogen-bond donors (Lipinski definition) is 1. The predicted molar refractivity (Wildman–Crippen MR) is 129 cm³/mol. The first kappa shape index (κ1) is 22.4. The van der Waals surface area contributed by atoms with Crippen molar-refractivity contribution in [3.63, 3.8) is 0 Å². The van der Waals surface area contributed by atoms with Crippen molar-refractivity contribution in [2.45, 2.75) is 18.5 Å². The molecule has 0 spiro atoms. The minimum Gasteiger partial charge on any atom is -0.368 e. The fourth-order valence-corrected chi connectivity index (χ4v) is 5.26. The van der Waals surface area contributed by atoms with E-state index in [-0.39, 0.29) is 17.7 Å². The first-order valence-corrected chi connectivity index (χ1v) is 12.1. The SMILES string of the molecule is O=C1NCCC(=O)N2CCN(C(C(=O)N3CCN(c4ccccc4)CC3)c3ccccc3)C[C@@H]12. The molecular formula is C26H31N5O3. The van der Waals surface area contributed by atoms with Crippen LogP contribution in [0.2, 0.25) is 0 Å². The molecule has 3 heterocycles. The highest BCUT2D eigenvalue weighted by molar-refractivity contribution is 5.90. The summed E-state index contributed by atoms with van der Waals surface area (Å²) in [5.41, 5.74) is 2.10. The predicted octanol–water partition coefficient (Wildman–Crippen LogP) is 1.11. The quantitative estimate of drug-likeness (QED) is 0.738. The number of para-hydroxylation sites is 1. The maximum absolute atomic E-state index is 13.9. The molecule has 2 aromatic rings. The Morgan fingerprint density at radius 3 is 2.24 bits per heavy atom. The molecule has 3 aliphatic rings. The molecule has 0 aromatic heterocycles. The minimum absolute atomic E-state index is 0.00243. The molecule has 1 unspecified atom stereocenters. The van der Waals surface area contributed by atoms with Gasteiger partial charge in [-0.1, -0.05) is 48.5 Å². The number of nitrogens with zero attached hydrogens (tertiary/aromatic N) is 4. The Labute approximate surface area is 200 Å². The third kappa shape index (κ3) is 4.50. The third-order valence-electron chi connectivity index (χ3n) is 7.10. The topological polar surface area (TPSA) is 76.2 Å². The molecule has 8 heteroatoms. The normalized spacial score (nSPS) is 22.6. The summed E-state index contributed by atoms with van der Waals surface area (Å²) in [5, 5.41) is 2.86. The van der Waals surface area contributed by atoms with Crippen LogP contribution in [0.15, 0.2) is 60.7 Å². The standard InChI is InChI=1S/C26H31N5O3/c32-23-11-12-27-25(33)22-19-30(17-18-31(22)23)24(20-7-3-1-4-8-20)26(34)29-15-13-28(14-16-29)21-9-5-2-6-10-21/h1-10,22,24H,11-19H2,(H,27,33)/t22-,24?/m0/s1. The Morgan fingerprint density at radius 1 is 0.853 bits per heavy atom. The maximum atomic E-state index is 13.9. The van der Waals surface area contributed by atoms with Gasteiger partial charge in [-0.2, -0.15) is 0 Å². The summed E-state index contributed by atoms with van der Waals surface area (Å²) in [5.74, 6) is -0.0679.